The Morgan fingerprint density at radius 1 is 0.290 bits per heavy atom. The summed E-state index contributed by atoms with van der Waals surface area (Å²) in [6, 6.07) is 0. The van der Waals surface area contributed by atoms with E-state index in [4.69, 9.17) is 37.0 Å². The van der Waals surface area contributed by atoms with E-state index < -0.39 is 97.5 Å². The molecule has 570 valence electrons. The summed E-state index contributed by atoms with van der Waals surface area (Å²) in [7, 11) is -9.99. The van der Waals surface area contributed by atoms with E-state index in [0.717, 1.165) is 109 Å². The maximum absolute atomic E-state index is 13.1. The van der Waals surface area contributed by atoms with Gasteiger partial charge in [0.2, 0.25) is 0 Å². The fourth-order valence-corrected chi connectivity index (χ4v) is 11.2. The van der Waals surface area contributed by atoms with Crippen LogP contribution in [0.2, 0.25) is 0 Å². The van der Waals surface area contributed by atoms with Gasteiger partial charge in [-0.15, -0.1) is 0 Å². The minimum Gasteiger partial charge on any atom is -0.462 e. The van der Waals surface area contributed by atoms with Crippen molar-refractivity contribution < 1.29 is 80.2 Å². The van der Waals surface area contributed by atoms with Gasteiger partial charge in [-0.3, -0.25) is 37.3 Å². The molecule has 0 aromatic heterocycles. The van der Waals surface area contributed by atoms with Gasteiger partial charge in [0.05, 0.1) is 26.4 Å². The first-order valence-corrected chi connectivity index (χ1v) is 41.1. The number of phosphoric ester groups is 2. The van der Waals surface area contributed by atoms with Crippen molar-refractivity contribution in [3.63, 3.8) is 0 Å². The summed E-state index contributed by atoms with van der Waals surface area (Å²) in [5.74, 6) is -2.37. The van der Waals surface area contributed by atoms with Crippen molar-refractivity contribution in [3.8, 4) is 0 Å². The molecule has 0 aromatic rings. The summed E-state index contributed by atoms with van der Waals surface area (Å²) >= 11 is 0. The lowest BCUT2D eigenvalue weighted by atomic mass is 10.1. The molecule has 0 aromatic carbocycles. The Hall–Kier alpha value is -5.06. The number of ether oxygens (including phenoxy) is 4. The Morgan fingerprint density at radius 2 is 0.520 bits per heavy atom. The van der Waals surface area contributed by atoms with Crippen molar-refractivity contribution >= 4 is 39.5 Å². The fraction of sp³-hybridized carbons (Fsp3) is 0.654. The van der Waals surface area contributed by atoms with Crippen LogP contribution in [0.1, 0.15) is 285 Å². The standard InChI is InChI=1S/C81H134O17P2/c1-5-9-13-17-21-25-29-31-33-35-37-39-41-43-47-50-54-58-62-66-79(84)92-72-77(98-81(86)68-64-60-56-52-48-44-42-40-38-36-34-32-30-26-22-18-14-10-6-2)74-96-100(89,90)94-70-75(82)69-93-99(87,88)95-73-76(97-80(85)67-63-59-55-51-46-28-24-20-16-12-8-4)71-91-78(83)65-61-57-53-49-45-27-23-19-15-11-7-3/h9-10,13-14,21-22,25-26,31-34,37-40,43-44,47-48,54,56,58,60,75-77,82H,5-8,11-12,15-20,23-24,27-30,35-36,41-42,45-46,49-53,55,57,59,61-74H2,1-4H3,(H,87,88)(H,89,90)/b13-9-,14-10-,25-21-,26-22-,33-31-,34-32-,39-37-,40-38-,47-43-,48-44-,58-54-,60-56-. The lowest BCUT2D eigenvalue weighted by Gasteiger charge is -2.21. The molecular weight excluding hydrogens is 1310 g/mol. The Kier molecular flexibility index (Phi) is 68.6. The quantitative estimate of drug-likeness (QED) is 0.0169. The molecule has 5 atom stereocenters. The van der Waals surface area contributed by atoms with Gasteiger partial charge in [-0.1, -0.05) is 302 Å². The number of carbonyl (C=O) groups is 4. The molecule has 0 saturated heterocycles. The van der Waals surface area contributed by atoms with Crippen molar-refractivity contribution in [2.24, 2.45) is 0 Å². The maximum Gasteiger partial charge on any atom is 0.472 e. The predicted octanol–water partition coefficient (Wildman–Crippen LogP) is 21.9. The minimum atomic E-state index is -5.01. The third-order valence-corrected chi connectivity index (χ3v) is 17.3. The van der Waals surface area contributed by atoms with Crippen LogP contribution in [0.4, 0.5) is 0 Å². The third kappa shape index (κ3) is 71.3. The van der Waals surface area contributed by atoms with Crippen molar-refractivity contribution in [3.05, 3.63) is 146 Å². The van der Waals surface area contributed by atoms with Crippen molar-refractivity contribution in [1.82, 2.24) is 0 Å². The number of aliphatic hydroxyl groups excluding tert-OH is 1. The van der Waals surface area contributed by atoms with E-state index in [1.165, 1.54) is 83.5 Å². The maximum atomic E-state index is 13.1. The zero-order valence-electron chi connectivity index (χ0n) is 62.1. The highest BCUT2D eigenvalue weighted by atomic mass is 31.2. The summed E-state index contributed by atoms with van der Waals surface area (Å²) in [6.45, 7) is 4.45. The van der Waals surface area contributed by atoms with Gasteiger partial charge in [-0.2, -0.15) is 0 Å². The zero-order valence-corrected chi connectivity index (χ0v) is 63.9. The second-order valence-corrected chi connectivity index (χ2v) is 27.7. The molecule has 100 heavy (non-hydrogen) atoms. The highest BCUT2D eigenvalue weighted by molar-refractivity contribution is 7.47. The van der Waals surface area contributed by atoms with Crippen LogP contribution in [0.5, 0.6) is 0 Å². The fourth-order valence-electron chi connectivity index (χ4n) is 9.62. The number of allylic oxidation sites excluding steroid dienone is 24. The summed E-state index contributed by atoms with van der Waals surface area (Å²) in [5.41, 5.74) is 0. The number of rotatable bonds is 70. The van der Waals surface area contributed by atoms with E-state index in [-0.39, 0.29) is 25.7 Å². The second kappa shape index (κ2) is 72.3. The molecule has 0 aliphatic carbocycles. The Bertz CT molecular complexity index is 2470. The molecule has 3 N–H and O–H groups in total. The lowest BCUT2D eigenvalue weighted by Crippen LogP contribution is -2.30. The molecule has 0 aliphatic rings. The highest BCUT2D eigenvalue weighted by Gasteiger charge is 2.30. The first-order chi connectivity index (χ1) is 48.7. The molecule has 0 bridgehead atoms. The monoisotopic (exact) mass is 1440 g/mol. The van der Waals surface area contributed by atoms with Crippen LogP contribution in [0, 0.1) is 0 Å². The van der Waals surface area contributed by atoms with E-state index in [1.807, 2.05) is 36.5 Å². The molecule has 0 fully saturated rings. The molecule has 0 spiro atoms. The van der Waals surface area contributed by atoms with Crippen molar-refractivity contribution in [1.29, 1.82) is 0 Å². The molecule has 17 nitrogen and oxygen atoms in total. The molecule has 19 heteroatoms. The normalized spacial score (nSPS) is 14.8. The van der Waals surface area contributed by atoms with Gasteiger partial charge in [0.25, 0.3) is 0 Å². The second-order valence-electron chi connectivity index (χ2n) is 24.8. The smallest absolute Gasteiger partial charge is 0.462 e. The molecule has 5 unspecified atom stereocenters. The molecule has 0 saturated carbocycles. The van der Waals surface area contributed by atoms with E-state index in [0.29, 0.717) is 38.5 Å². The van der Waals surface area contributed by atoms with Crippen LogP contribution in [0.25, 0.3) is 0 Å². The molecule has 0 radical (unpaired) electrons. The van der Waals surface area contributed by atoms with E-state index in [1.54, 1.807) is 0 Å². The topological polar surface area (TPSA) is 237 Å². The number of carbonyl (C=O) groups excluding carboxylic acids is 4. The Labute approximate surface area is 605 Å². The molecule has 0 amide bonds. The van der Waals surface area contributed by atoms with Crippen molar-refractivity contribution in [2.45, 2.75) is 303 Å². The zero-order chi connectivity index (χ0) is 73.2. The first kappa shape index (κ1) is 94.9. The number of aliphatic hydroxyl groups is 1. The number of hydrogen-bond acceptors (Lipinski definition) is 15. The lowest BCUT2D eigenvalue weighted by molar-refractivity contribution is -0.161. The van der Waals surface area contributed by atoms with Crippen LogP contribution >= 0.6 is 15.6 Å². The van der Waals surface area contributed by atoms with Gasteiger partial charge in [0.15, 0.2) is 12.2 Å². The third-order valence-electron chi connectivity index (χ3n) is 15.4. The van der Waals surface area contributed by atoms with Gasteiger partial charge in [0.1, 0.15) is 19.3 Å². The molecule has 0 heterocycles. The van der Waals surface area contributed by atoms with Gasteiger partial charge >= 0.3 is 39.5 Å². The van der Waals surface area contributed by atoms with E-state index in [2.05, 4.69) is 137 Å². The largest absolute Gasteiger partial charge is 0.472 e. The van der Waals surface area contributed by atoms with Gasteiger partial charge in [0, 0.05) is 25.7 Å². The SMILES string of the molecule is CC/C=C\C/C=C\C/C=C\C/C=C\C/C=C\C/C=C\CCC(=O)OCC(COP(=O)(O)OCC(O)COP(=O)(O)OCC(COC(=O)CCCCCCCCCCCCC)OC(=O)CCCCCCCCCCCCC)OC(=O)CC/C=C\C/C=C\C/C=C\C/C=C\C/C=C\C/C=C\CC. The first-order valence-electron chi connectivity index (χ1n) is 38.1. The number of phosphoric acid groups is 2. The molecule has 0 rings (SSSR count). The number of esters is 4. The van der Waals surface area contributed by atoms with Crippen LogP contribution in [0.15, 0.2) is 146 Å². The van der Waals surface area contributed by atoms with Crippen LogP contribution < -0.4 is 0 Å². The number of hydrogen-bond donors (Lipinski definition) is 3. The van der Waals surface area contributed by atoms with Crippen LogP contribution in [0.3, 0.4) is 0 Å². The van der Waals surface area contributed by atoms with Crippen LogP contribution in [-0.2, 0) is 65.4 Å². The number of unbranched alkanes of at least 4 members (excludes halogenated alkanes) is 20. The predicted molar refractivity (Wildman–Crippen MR) is 408 cm³/mol. The molecular formula is C81H134O17P2. The van der Waals surface area contributed by atoms with Gasteiger partial charge in [-0.25, -0.2) is 9.13 Å². The Balaban J connectivity index is 5.48. The minimum absolute atomic E-state index is 0.0161. The van der Waals surface area contributed by atoms with E-state index >= 15 is 0 Å². The summed E-state index contributed by atoms with van der Waals surface area (Å²) in [5, 5.41) is 10.6. The van der Waals surface area contributed by atoms with Crippen molar-refractivity contribution in [2.75, 3.05) is 39.6 Å². The Morgan fingerprint density at radius 3 is 0.820 bits per heavy atom. The van der Waals surface area contributed by atoms with Gasteiger partial charge < -0.3 is 33.8 Å². The van der Waals surface area contributed by atoms with Gasteiger partial charge in [-0.05, 0) is 103 Å². The average molecular weight is 1440 g/mol. The average Bonchev–Trinajstić information content (AvgIpc) is 1.06. The summed E-state index contributed by atoms with van der Waals surface area (Å²) in [4.78, 5) is 72.7. The summed E-state index contributed by atoms with van der Waals surface area (Å²) in [6.07, 6.45) is 81.7. The van der Waals surface area contributed by atoms with E-state index in [9.17, 15) is 43.2 Å². The molecule has 0 aliphatic heterocycles. The van der Waals surface area contributed by atoms with Crippen LogP contribution in [-0.4, -0.2) is 96.7 Å². The highest BCUT2D eigenvalue weighted by Crippen LogP contribution is 2.45. The summed E-state index contributed by atoms with van der Waals surface area (Å²) < 4.78 is 68.2.